The van der Waals surface area contributed by atoms with Crippen LogP contribution >= 0.6 is 27.5 Å². The number of carbonyl (C=O) groups is 1. The molecule has 1 aromatic heterocycles. The van der Waals surface area contributed by atoms with Crippen LogP contribution in [-0.2, 0) is 0 Å². The Morgan fingerprint density at radius 2 is 2.04 bits per heavy atom. The van der Waals surface area contributed by atoms with E-state index in [9.17, 15) is 9.90 Å². The Morgan fingerprint density at radius 1 is 1.29 bits per heavy atom. The molecule has 1 amide bonds. The number of hydrogen-bond acceptors (Lipinski definition) is 3. The maximum absolute atomic E-state index is 12.3. The quantitative estimate of drug-likeness (QED) is 0.732. The molecule has 0 radical (unpaired) electrons. The molecule has 2 heterocycles. The molecule has 2 aromatic rings. The molecule has 1 aliphatic rings. The lowest BCUT2D eigenvalue weighted by Gasteiger charge is -2.34. The topological polar surface area (TPSA) is 53.7 Å². The molecule has 6 heteroatoms. The van der Waals surface area contributed by atoms with Crippen molar-refractivity contribution in [2.75, 3.05) is 13.1 Å². The maximum Gasteiger partial charge on any atom is 0.289 e. The van der Waals surface area contributed by atoms with Gasteiger partial charge in [0.25, 0.3) is 5.91 Å². The number of piperidine rings is 1. The van der Waals surface area contributed by atoms with Crippen LogP contribution in [-0.4, -0.2) is 34.6 Å². The molecule has 1 aromatic carbocycles. The third-order valence-electron chi connectivity index (χ3n) is 3.93. The first-order chi connectivity index (χ1) is 11.5. The first-order valence-corrected chi connectivity index (χ1v) is 8.68. The van der Waals surface area contributed by atoms with Crippen LogP contribution in [0.15, 0.2) is 45.5 Å². The monoisotopic (exact) mass is 407 g/mol. The smallest absolute Gasteiger partial charge is 0.289 e. The van der Waals surface area contributed by atoms with Crippen LogP contribution < -0.4 is 0 Å². The molecule has 124 valence electrons. The van der Waals surface area contributed by atoms with E-state index in [0.29, 0.717) is 35.6 Å². The Bertz CT molecular complexity index is 813. The highest BCUT2D eigenvalue weighted by Gasteiger charge is 2.33. The van der Waals surface area contributed by atoms with Gasteiger partial charge in [-0.3, -0.25) is 4.79 Å². The van der Waals surface area contributed by atoms with Gasteiger partial charge in [-0.25, -0.2) is 0 Å². The molecule has 24 heavy (non-hydrogen) atoms. The number of halogens is 2. The predicted octanol–water partition coefficient (Wildman–Crippen LogP) is 3.71. The van der Waals surface area contributed by atoms with E-state index in [0.717, 1.165) is 5.56 Å². The Hall–Kier alpha value is -1.74. The third kappa shape index (κ3) is 4.02. The van der Waals surface area contributed by atoms with Crippen molar-refractivity contribution in [3.63, 3.8) is 0 Å². The summed E-state index contributed by atoms with van der Waals surface area (Å²) < 4.78 is 5.81. The van der Waals surface area contributed by atoms with Gasteiger partial charge in [-0.15, -0.1) is 0 Å². The molecule has 1 saturated heterocycles. The van der Waals surface area contributed by atoms with Crippen LogP contribution in [0.4, 0.5) is 0 Å². The molecule has 1 fully saturated rings. The van der Waals surface area contributed by atoms with Crippen LogP contribution in [0.25, 0.3) is 0 Å². The molecule has 1 aliphatic heterocycles. The van der Waals surface area contributed by atoms with Gasteiger partial charge >= 0.3 is 0 Å². The van der Waals surface area contributed by atoms with Gasteiger partial charge in [-0.05, 0) is 46.3 Å². The second kappa shape index (κ2) is 7.02. The summed E-state index contributed by atoms with van der Waals surface area (Å²) in [5.41, 5.74) is -0.335. The number of hydrogen-bond donors (Lipinski definition) is 1. The van der Waals surface area contributed by atoms with E-state index < -0.39 is 5.60 Å². The number of aliphatic hydroxyl groups is 1. The lowest BCUT2D eigenvalue weighted by atomic mass is 9.91. The summed E-state index contributed by atoms with van der Waals surface area (Å²) >= 11 is 9.11. The van der Waals surface area contributed by atoms with E-state index in [-0.39, 0.29) is 11.7 Å². The van der Waals surface area contributed by atoms with E-state index in [1.807, 2.05) is 12.1 Å². The number of likely N-dealkylation sites (tertiary alicyclic amines) is 1. The van der Waals surface area contributed by atoms with E-state index in [1.165, 1.54) is 0 Å². The van der Waals surface area contributed by atoms with Gasteiger partial charge in [0.2, 0.25) is 0 Å². The Balaban J connectivity index is 1.65. The van der Waals surface area contributed by atoms with Gasteiger partial charge < -0.3 is 14.4 Å². The summed E-state index contributed by atoms with van der Waals surface area (Å²) in [6, 6.07) is 10.5. The van der Waals surface area contributed by atoms with Crippen LogP contribution in [0, 0.1) is 11.8 Å². The van der Waals surface area contributed by atoms with E-state index >= 15 is 0 Å². The number of rotatable bonds is 1. The average molecular weight is 409 g/mol. The molecule has 0 spiro atoms. The van der Waals surface area contributed by atoms with Crippen molar-refractivity contribution in [3.8, 4) is 11.8 Å². The van der Waals surface area contributed by atoms with Crippen molar-refractivity contribution in [2.45, 2.75) is 18.4 Å². The molecule has 1 N–H and O–H groups in total. The Labute approximate surface area is 153 Å². The van der Waals surface area contributed by atoms with Crippen molar-refractivity contribution < 1.29 is 14.3 Å². The van der Waals surface area contributed by atoms with Gasteiger partial charge in [-0.1, -0.05) is 29.5 Å². The summed E-state index contributed by atoms with van der Waals surface area (Å²) in [7, 11) is 0. The van der Waals surface area contributed by atoms with Crippen LogP contribution in [0.2, 0.25) is 5.02 Å². The summed E-state index contributed by atoms with van der Waals surface area (Å²) in [6.07, 6.45) is 0.794. The van der Waals surface area contributed by atoms with Gasteiger partial charge in [-0.2, -0.15) is 0 Å². The van der Waals surface area contributed by atoms with Crippen LogP contribution in [0.3, 0.4) is 0 Å². The molecule has 0 saturated carbocycles. The van der Waals surface area contributed by atoms with Crippen LogP contribution in [0.5, 0.6) is 0 Å². The van der Waals surface area contributed by atoms with Crippen molar-refractivity contribution in [1.29, 1.82) is 0 Å². The van der Waals surface area contributed by atoms with E-state index in [1.54, 1.807) is 29.2 Å². The average Bonchev–Trinajstić information content (AvgIpc) is 3.00. The molecule has 0 unspecified atom stereocenters. The first-order valence-electron chi connectivity index (χ1n) is 7.51. The second-order valence-corrected chi connectivity index (χ2v) is 6.91. The lowest BCUT2D eigenvalue weighted by Crippen LogP contribution is -2.46. The zero-order valence-electron chi connectivity index (χ0n) is 12.8. The van der Waals surface area contributed by atoms with Crippen molar-refractivity contribution in [2.24, 2.45) is 0 Å². The molecule has 0 bridgehead atoms. The van der Waals surface area contributed by atoms with Crippen molar-refractivity contribution in [1.82, 2.24) is 4.90 Å². The number of carbonyl (C=O) groups excluding carboxylic acids is 1. The number of furan rings is 1. The molecule has 4 nitrogen and oxygen atoms in total. The molecule has 0 aliphatic carbocycles. The maximum atomic E-state index is 12.3. The fourth-order valence-corrected chi connectivity index (χ4v) is 3.04. The molecular weight excluding hydrogens is 394 g/mol. The highest BCUT2D eigenvalue weighted by Crippen LogP contribution is 2.24. The van der Waals surface area contributed by atoms with Gasteiger partial charge in [0.05, 0.1) is 0 Å². The fraction of sp³-hybridized carbons (Fsp3) is 0.278. The number of nitrogens with zero attached hydrogens (tertiary/aromatic N) is 1. The first kappa shape index (κ1) is 17.1. The standard InChI is InChI=1S/C18H15BrClNO3/c19-16-5-4-15(24-16)17(22)21-10-8-18(23,9-11-21)7-6-13-2-1-3-14(20)12-13/h1-5,12,23H,8-11H2. The van der Waals surface area contributed by atoms with Crippen LogP contribution in [0.1, 0.15) is 29.0 Å². The SMILES string of the molecule is O=C(c1ccc(Br)o1)N1CCC(O)(C#Cc2cccc(Cl)c2)CC1. The number of benzene rings is 1. The van der Waals surface area contributed by atoms with Crippen molar-refractivity contribution in [3.05, 3.63) is 57.4 Å². The molecule has 3 rings (SSSR count). The molecular formula is C18H15BrClNO3. The summed E-state index contributed by atoms with van der Waals surface area (Å²) in [4.78, 5) is 14.0. The largest absolute Gasteiger partial charge is 0.444 e. The Kier molecular flexibility index (Phi) is 5.00. The lowest BCUT2D eigenvalue weighted by molar-refractivity contribution is 0.0234. The predicted molar refractivity (Wildman–Crippen MR) is 94.8 cm³/mol. The highest BCUT2D eigenvalue weighted by atomic mass is 79.9. The van der Waals surface area contributed by atoms with Gasteiger partial charge in [0.1, 0.15) is 5.60 Å². The summed E-state index contributed by atoms with van der Waals surface area (Å²) in [6.45, 7) is 0.857. The minimum absolute atomic E-state index is 0.175. The fourth-order valence-electron chi connectivity index (χ4n) is 2.54. The van der Waals surface area contributed by atoms with Gasteiger partial charge in [0, 0.05) is 36.5 Å². The van der Waals surface area contributed by atoms with Gasteiger partial charge in [0.15, 0.2) is 10.4 Å². The minimum atomic E-state index is -1.09. The zero-order chi connectivity index (χ0) is 17.2. The molecule has 0 atom stereocenters. The second-order valence-electron chi connectivity index (χ2n) is 5.69. The van der Waals surface area contributed by atoms with Crippen molar-refractivity contribution >= 4 is 33.4 Å². The summed E-state index contributed by atoms with van der Waals surface area (Å²) in [5.74, 6) is 6.00. The van der Waals surface area contributed by atoms with E-state index in [4.69, 9.17) is 16.0 Å². The third-order valence-corrected chi connectivity index (χ3v) is 4.59. The normalized spacial score (nSPS) is 16.4. The summed E-state index contributed by atoms with van der Waals surface area (Å²) in [5, 5.41) is 11.2. The van der Waals surface area contributed by atoms with E-state index in [2.05, 4.69) is 27.8 Å². The highest BCUT2D eigenvalue weighted by molar-refractivity contribution is 9.10. The minimum Gasteiger partial charge on any atom is -0.444 e. The zero-order valence-corrected chi connectivity index (χ0v) is 15.1. The Morgan fingerprint density at radius 3 is 2.67 bits per heavy atom. The number of amides is 1.